The molecule has 0 saturated carbocycles. The average Bonchev–Trinajstić information content (AvgIpc) is 2.88. The number of rotatable bonds is 2. The van der Waals surface area contributed by atoms with Gasteiger partial charge in [0.15, 0.2) is 5.78 Å². The third kappa shape index (κ3) is 1.91. The number of likely N-dealkylation sites (N-methyl/N-ethyl adjacent to an activating group) is 1. The lowest BCUT2D eigenvalue weighted by molar-refractivity contribution is -0.417. The summed E-state index contributed by atoms with van der Waals surface area (Å²) in [6, 6.07) is 11.9. The molecule has 4 rings (SSSR count). The van der Waals surface area contributed by atoms with Crippen LogP contribution in [0.1, 0.15) is 21.6 Å². The zero-order chi connectivity index (χ0) is 18.5. The third-order valence-corrected chi connectivity index (χ3v) is 4.81. The molecule has 128 valence electrons. The average molecular weight is 347 g/mol. The van der Waals surface area contributed by atoms with Gasteiger partial charge in [0.05, 0.1) is 16.2 Å². The van der Waals surface area contributed by atoms with E-state index in [9.17, 15) is 19.7 Å². The first-order chi connectivity index (χ1) is 12.5. The van der Waals surface area contributed by atoms with E-state index in [0.29, 0.717) is 16.8 Å². The van der Waals surface area contributed by atoms with Crippen LogP contribution in [-0.2, 0) is 10.3 Å². The quantitative estimate of drug-likeness (QED) is 0.613. The van der Waals surface area contributed by atoms with Crippen LogP contribution in [0.15, 0.2) is 66.5 Å². The summed E-state index contributed by atoms with van der Waals surface area (Å²) < 4.78 is 0. The molecular weight excluding hydrogens is 334 g/mol. The van der Waals surface area contributed by atoms with Crippen LogP contribution >= 0.6 is 0 Å². The van der Waals surface area contributed by atoms with Crippen LogP contribution in [-0.4, -0.2) is 33.5 Å². The van der Waals surface area contributed by atoms with Crippen molar-refractivity contribution in [1.29, 1.82) is 0 Å². The van der Waals surface area contributed by atoms with E-state index in [2.05, 4.69) is 4.98 Å². The van der Waals surface area contributed by atoms with E-state index < -0.39 is 22.1 Å². The van der Waals surface area contributed by atoms with Crippen molar-refractivity contribution in [2.45, 2.75) is 5.54 Å². The largest absolute Gasteiger partial charge is 0.340 e. The van der Waals surface area contributed by atoms with Gasteiger partial charge in [-0.3, -0.25) is 24.7 Å². The second kappa shape index (κ2) is 5.45. The van der Waals surface area contributed by atoms with Crippen molar-refractivity contribution in [2.24, 2.45) is 0 Å². The molecule has 2 heterocycles. The lowest BCUT2D eigenvalue weighted by atomic mass is 9.76. The Hall–Kier alpha value is -3.61. The van der Waals surface area contributed by atoms with Crippen molar-refractivity contribution in [1.82, 2.24) is 9.88 Å². The second-order valence-electron chi connectivity index (χ2n) is 6.07. The summed E-state index contributed by atoms with van der Waals surface area (Å²) in [6.07, 6.45) is 4.39. The summed E-state index contributed by atoms with van der Waals surface area (Å²) >= 11 is 0. The molecule has 7 nitrogen and oxygen atoms in total. The molecule has 7 heteroatoms. The van der Waals surface area contributed by atoms with Crippen LogP contribution in [0, 0.1) is 10.1 Å². The van der Waals surface area contributed by atoms with Crippen LogP contribution in [0.5, 0.6) is 0 Å². The number of carbonyl (C=O) groups excluding carboxylic acids is 2. The topological polar surface area (TPSA) is 93.4 Å². The molecule has 1 aromatic heterocycles. The number of fused-ring (bicyclic) bond motifs is 2. The van der Waals surface area contributed by atoms with Gasteiger partial charge in [0.2, 0.25) is 0 Å². The Morgan fingerprint density at radius 1 is 1.12 bits per heavy atom. The molecule has 0 radical (unpaired) electrons. The van der Waals surface area contributed by atoms with Gasteiger partial charge in [0.1, 0.15) is 5.54 Å². The molecule has 0 saturated heterocycles. The van der Waals surface area contributed by atoms with Gasteiger partial charge in [-0.15, -0.1) is 0 Å². The van der Waals surface area contributed by atoms with Crippen molar-refractivity contribution in [3.8, 4) is 0 Å². The highest BCUT2D eigenvalue weighted by molar-refractivity contribution is 6.13. The Balaban J connectivity index is 2.13. The molecule has 1 aliphatic heterocycles. The monoisotopic (exact) mass is 347 g/mol. The van der Waals surface area contributed by atoms with Crippen LogP contribution in [0.4, 0.5) is 0 Å². The molecule has 1 aromatic carbocycles. The second-order valence-corrected chi connectivity index (χ2v) is 6.07. The number of aromatic nitrogens is 1. The molecule has 0 unspecified atom stereocenters. The minimum absolute atomic E-state index is 0.222. The number of ketones is 1. The molecule has 0 bridgehead atoms. The maximum absolute atomic E-state index is 12.8. The van der Waals surface area contributed by atoms with Crippen molar-refractivity contribution < 1.29 is 14.5 Å². The minimum atomic E-state index is -1.30. The highest BCUT2D eigenvalue weighted by Gasteiger charge is 2.58. The Morgan fingerprint density at radius 3 is 2.54 bits per heavy atom. The summed E-state index contributed by atoms with van der Waals surface area (Å²) in [7, 11) is 1.49. The first kappa shape index (κ1) is 15.9. The first-order valence-corrected chi connectivity index (χ1v) is 7.90. The third-order valence-electron chi connectivity index (χ3n) is 4.81. The Morgan fingerprint density at radius 2 is 1.85 bits per heavy atom. The molecule has 26 heavy (non-hydrogen) atoms. The number of carbonyl (C=O) groups is 2. The SMILES string of the molecule is CN1C(=O)C([N+](=O)[O-])=C(c2ccccc2)[C@@]12C=CC(=O)c1cccnc12. The van der Waals surface area contributed by atoms with Crippen molar-refractivity contribution in [3.05, 3.63) is 93.4 Å². The van der Waals surface area contributed by atoms with Crippen LogP contribution in [0.25, 0.3) is 5.57 Å². The van der Waals surface area contributed by atoms with Gasteiger partial charge in [0, 0.05) is 18.8 Å². The van der Waals surface area contributed by atoms with Gasteiger partial charge in [-0.2, -0.15) is 0 Å². The summed E-state index contributed by atoms with van der Waals surface area (Å²) in [6.45, 7) is 0. The maximum atomic E-state index is 12.8. The molecule has 2 aromatic rings. The fraction of sp³-hybridized carbons (Fsp3) is 0.105. The number of nitrogens with zero attached hydrogens (tertiary/aromatic N) is 3. The maximum Gasteiger partial charge on any atom is 0.340 e. The number of amides is 1. The number of benzene rings is 1. The summed E-state index contributed by atoms with van der Waals surface area (Å²) in [5.74, 6) is -0.967. The van der Waals surface area contributed by atoms with Crippen molar-refractivity contribution in [3.63, 3.8) is 0 Å². The molecule has 1 atom stereocenters. The standard InChI is InChI=1S/C19H13N3O4/c1-21-18(24)16(22(25)26)15(12-6-3-2-4-7-12)19(21)10-9-14(23)13-8-5-11-20-17(13)19/h2-11H,1H3/t19-/m1/s1. The Kier molecular flexibility index (Phi) is 3.33. The van der Waals surface area contributed by atoms with E-state index in [4.69, 9.17) is 0 Å². The zero-order valence-corrected chi connectivity index (χ0v) is 13.7. The number of nitro groups is 1. The molecule has 0 N–H and O–H groups in total. The van der Waals surface area contributed by atoms with Crippen molar-refractivity contribution >= 4 is 17.3 Å². The van der Waals surface area contributed by atoms with Crippen LogP contribution in [0.3, 0.4) is 0 Å². The number of hydrogen-bond donors (Lipinski definition) is 0. The predicted molar refractivity (Wildman–Crippen MR) is 92.5 cm³/mol. The van der Waals surface area contributed by atoms with E-state index in [1.54, 1.807) is 42.5 Å². The number of pyridine rings is 1. The van der Waals surface area contributed by atoms with Gasteiger partial charge >= 0.3 is 11.6 Å². The van der Waals surface area contributed by atoms with E-state index in [1.165, 1.54) is 30.3 Å². The van der Waals surface area contributed by atoms with Gasteiger partial charge in [-0.05, 0) is 29.8 Å². The lowest BCUT2D eigenvalue weighted by Gasteiger charge is -2.37. The van der Waals surface area contributed by atoms with E-state index >= 15 is 0 Å². The van der Waals surface area contributed by atoms with Gasteiger partial charge in [-0.1, -0.05) is 30.3 Å². The molecule has 2 aliphatic rings. The smallest absolute Gasteiger partial charge is 0.317 e. The highest BCUT2D eigenvalue weighted by Crippen LogP contribution is 2.50. The number of allylic oxidation sites excluding steroid dienone is 1. The lowest BCUT2D eigenvalue weighted by Crippen LogP contribution is -2.44. The molecule has 0 fully saturated rings. The Labute approximate surface area is 148 Å². The predicted octanol–water partition coefficient (Wildman–Crippen LogP) is 2.19. The van der Waals surface area contributed by atoms with E-state index in [0.717, 1.165) is 0 Å². The molecule has 1 spiro atoms. The normalized spacial score (nSPS) is 21.5. The first-order valence-electron chi connectivity index (χ1n) is 7.90. The fourth-order valence-electron chi connectivity index (χ4n) is 3.65. The molecular formula is C19H13N3O4. The van der Waals surface area contributed by atoms with Crippen LogP contribution in [0.2, 0.25) is 0 Å². The minimum Gasteiger partial charge on any atom is -0.317 e. The van der Waals surface area contributed by atoms with Crippen LogP contribution < -0.4 is 0 Å². The van der Waals surface area contributed by atoms with Gasteiger partial charge in [-0.25, -0.2) is 0 Å². The molecule has 1 aliphatic carbocycles. The summed E-state index contributed by atoms with van der Waals surface area (Å²) in [5, 5.41) is 11.7. The Bertz CT molecular complexity index is 1030. The zero-order valence-electron chi connectivity index (χ0n) is 13.7. The van der Waals surface area contributed by atoms with E-state index in [-0.39, 0.29) is 11.4 Å². The molecule has 1 amide bonds. The highest BCUT2D eigenvalue weighted by atomic mass is 16.6. The number of hydrogen-bond acceptors (Lipinski definition) is 5. The van der Waals surface area contributed by atoms with E-state index in [1.807, 2.05) is 0 Å². The van der Waals surface area contributed by atoms with Gasteiger partial charge in [0.25, 0.3) is 0 Å². The summed E-state index contributed by atoms with van der Waals surface area (Å²) in [5.41, 5.74) is -0.404. The van der Waals surface area contributed by atoms with Crippen molar-refractivity contribution in [2.75, 3.05) is 7.05 Å². The fourth-order valence-corrected chi connectivity index (χ4v) is 3.65. The summed E-state index contributed by atoms with van der Waals surface area (Å²) in [4.78, 5) is 41.8. The van der Waals surface area contributed by atoms with Gasteiger partial charge < -0.3 is 4.90 Å².